The van der Waals surface area contributed by atoms with Crippen LogP contribution in [0.3, 0.4) is 0 Å². The average Bonchev–Trinajstić information content (AvgIpc) is 3.07. The van der Waals surface area contributed by atoms with Crippen molar-refractivity contribution in [1.29, 1.82) is 0 Å². The van der Waals surface area contributed by atoms with E-state index in [-0.39, 0.29) is 6.04 Å². The van der Waals surface area contributed by atoms with E-state index < -0.39 is 0 Å². The molecule has 3 rings (SSSR count). The quantitative estimate of drug-likeness (QED) is 0.938. The summed E-state index contributed by atoms with van der Waals surface area (Å²) in [5.74, 6) is 0.436. The lowest BCUT2D eigenvalue weighted by Crippen LogP contribution is -2.28. The summed E-state index contributed by atoms with van der Waals surface area (Å²) in [5.41, 5.74) is 8.97. The SMILES string of the molecule is CC(C)n1cc(CN2C[C@@H](N)[C@H](c3ccccc3)C2)cn1. The fraction of sp³-hybridized carbons (Fsp3) is 0.471. The second kappa shape index (κ2) is 6.00. The van der Waals surface area contributed by atoms with Gasteiger partial charge in [0.05, 0.1) is 6.20 Å². The molecule has 1 aliphatic heterocycles. The van der Waals surface area contributed by atoms with Crippen LogP contribution in [-0.2, 0) is 6.54 Å². The van der Waals surface area contributed by atoms with Crippen molar-refractivity contribution in [3.05, 3.63) is 53.9 Å². The zero-order valence-corrected chi connectivity index (χ0v) is 12.8. The smallest absolute Gasteiger partial charge is 0.0534 e. The highest BCUT2D eigenvalue weighted by atomic mass is 15.3. The van der Waals surface area contributed by atoms with E-state index in [1.165, 1.54) is 11.1 Å². The molecule has 112 valence electrons. The third-order valence-electron chi connectivity index (χ3n) is 4.26. The average molecular weight is 284 g/mol. The molecule has 4 nitrogen and oxygen atoms in total. The molecule has 21 heavy (non-hydrogen) atoms. The van der Waals surface area contributed by atoms with Crippen LogP contribution in [0.4, 0.5) is 0 Å². The third kappa shape index (κ3) is 3.17. The fourth-order valence-corrected chi connectivity index (χ4v) is 3.10. The Morgan fingerprint density at radius 3 is 2.67 bits per heavy atom. The molecule has 2 aromatic rings. The van der Waals surface area contributed by atoms with Crippen molar-refractivity contribution in [2.45, 2.75) is 38.4 Å². The van der Waals surface area contributed by atoms with Crippen LogP contribution < -0.4 is 5.73 Å². The number of benzene rings is 1. The van der Waals surface area contributed by atoms with Gasteiger partial charge in [-0.15, -0.1) is 0 Å². The molecule has 2 atom stereocenters. The summed E-state index contributed by atoms with van der Waals surface area (Å²) in [6.45, 7) is 7.20. The lowest BCUT2D eigenvalue weighted by molar-refractivity contribution is 0.323. The monoisotopic (exact) mass is 284 g/mol. The lowest BCUT2D eigenvalue weighted by Gasteiger charge is -2.15. The van der Waals surface area contributed by atoms with Gasteiger partial charge in [-0.05, 0) is 19.4 Å². The lowest BCUT2D eigenvalue weighted by atomic mass is 9.95. The maximum absolute atomic E-state index is 6.35. The fourth-order valence-electron chi connectivity index (χ4n) is 3.10. The topological polar surface area (TPSA) is 47.1 Å². The van der Waals surface area contributed by atoms with Gasteiger partial charge in [-0.2, -0.15) is 5.10 Å². The van der Waals surface area contributed by atoms with Gasteiger partial charge in [0.25, 0.3) is 0 Å². The minimum Gasteiger partial charge on any atom is -0.326 e. The number of hydrogen-bond donors (Lipinski definition) is 1. The molecule has 0 saturated carbocycles. The van der Waals surface area contributed by atoms with Gasteiger partial charge in [0.2, 0.25) is 0 Å². The van der Waals surface area contributed by atoms with E-state index in [0.717, 1.165) is 19.6 Å². The Morgan fingerprint density at radius 1 is 1.24 bits per heavy atom. The third-order valence-corrected chi connectivity index (χ3v) is 4.26. The Labute approximate surface area is 126 Å². The molecule has 1 fully saturated rings. The van der Waals surface area contributed by atoms with Gasteiger partial charge in [-0.25, -0.2) is 0 Å². The van der Waals surface area contributed by atoms with Gasteiger partial charge in [0.15, 0.2) is 0 Å². The molecule has 1 aromatic carbocycles. The zero-order valence-electron chi connectivity index (χ0n) is 12.8. The van der Waals surface area contributed by atoms with Crippen LogP contribution in [0, 0.1) is 0 Å². The largest absolute Gasteiger partial charge is 0.326 e. The molecule has 0 bridgehead atoms. The van der Waals surface area contributed by atoms with Crippen LogP contribution in [0.2, 0.25) is 0 Å². The first-order valence-electron chi connectivity index (χ1n) is 7.69. The first-order valence-corrected chi connectivity index (χ1v) is 7.69. The van der Waals surface area contributed by atoms with E-state index in [1.807, 2.05) is 10.9 Å². The molecule has 1 aromatic heterocycles. The molecule has 4 heteroatoms. The number of hydrogen-bond acceptors (Lipinski definition) is 3. The van der Waals surface area contributed by atoms with E-state index in [1.54, 1.807) is 0 Å². The molecule has 0 spiro atoms. The first kappa shape index (κ1) is 14.3. The maximum Gasteiger partial charge on any atom is 0.0534 e. The predicted octanol–water partition coefficient (Wildman–Crippen LogP) is 2.39. The molecule has 0 radical (unpaired) electrons. The summed E-state index contributed by atoms with van der Waals surface area (Å²) >= 11 is 0. The Balaban J connectivity index is 1.65. The molecule has 0 aliphatic carbocycles. The van der Waals surface area contributed by atoms with Crippen molar-refractivity contribution in [3.8, 4) is 0 Å². The molecule has 2 N–H and O–H groups in total. The summed E-state index contributed by atoms with van der Waals surface area (Å²) in [5, 5.41) is 4.41. The summed E-state index contributed by atoms with van der Waals surface area (Å²) in [7, 11) is 0. The van der Waals surface area contributed by atoms with Crippen LogP contribution in [0.15, 0.2) is 42.7 Å². The van der Waals surface area contributed by atoms with Crippen molar-refractivity contribution in [2.24, 2.45) is 5.73 Å². The highest BCUT2D eigenvalue weighted by molar-refractivity contribution is 5.23. The van der Waals surface area contributed by atoms with Crippen LogP contribution in [0.1, 0.15) is 36.9 Å². The minimum atomic E-state index is 0.215. The molecule has 1 aliphatic rings. The second-order valence-electron chi connectivity index (χ2n) is 6.30. The van der Waals surface area contributed by atoms with Gasteiger partial charge in [-0.3, -0.25) is 9.58 Å². The molecular weight excluding hydrogens is 260 g/mol. The van der Waals surface area contributed by atoms with Crippen molar-refractivity contribution in [3.63, 3.8) is 0 Å². The van der Waals surface area contributed by atoms with Crippen LogP contribution in [-0.4, -0.2) is 33.8 Å². The predicted molar refractivity (Wildman–Crippen MR) is 85.0 cm³/mol. The number of nitrogens with two attached hydrogens (primary N) is 1. The summed E-state index contributed by atoms with van der Waals surface area (Å²) in [6.07, 6.45) is 4.12. The van der Waals surface area contributed by atoms with Crippen LogP contribution in [0.5, 0.6) is 0 Å². The zero-order chi connectivity index (χ0) is 14.8. The Hall–Kier alpha value is -1.65. The van der Waals surface area contributed by atoms with E-state index >= 15 is 0 Å². The Kier molecular flexibility index (Phi) is 4.08. The van der Waals surface area contributed by atoms with E-state index in [4.69, 9.17) is 5.73 Å². The van der Waals surface area contributed by atoms with E-state index in [9.17, 15) is 0 Å². The standard InChI is InChI=1S/C17H24N4/c1-13(2)21-10-14(8-19-21)9-20-11-16(17(18)12-20)15-6-4-3-5-7-15/h3-8,10,13,16-17H,9,11-12,18H2,1-2H3/t16-,17+/m0/s1. The molecular formula is C17H24N4. The van der Waals surface area contributed by atoms with Crippen LogP contribution >= 0.6 is 0 Å². The number of nitrogens with zero attached hydrogens (tertiary/aromatic N) is 3. The van der Waals surface area contributed by atoms with Gasteiger partial charge < -0.3 is 5.73 Å². The van der Waals surface area contributed by atoms with Crippen molar-refractivity contribution >= 4 is 0 Å². The molecule has 1 saturated heterocycles. The van der Waals surface area contributed by atoms with Crippen molar-refractivity contribution < 1.29 is 0 Å². The van der Waals surface area contributed by atoms with Crippen molar-refractivity contribution in [1.82, 2.24) is 14.7 Å². The van der Waals surface area contributed by atoms with Gasteiger partial charge >= 0.3 is 0 Å². The Morgan fingerprint density at radius 2 is 2.00 bits per heavy atom. The minimum absolute atomic E-state index is 0.215. The molecule has 0 amide bonds. The normalized spacial score (nSPS) is 23.0. The molecule has 2 heterocycles. The van der Waals surface area contributed by atoms with Gasteiger partial charge in [0.1, 0.15) is 0 Å². The number of likely N-dealkylation sites (tertiary alicyclic amines) is 1. The second-order valence-corrected chi connectivity index (χ2v) is 6.30. The molecule has 0 unspecified atom stereocenters. The first-order chi connectivity index (χ1) is 10.1. The summed E-state index contributed by atoms with van der Waals surface area (Å²) in [6, 6.07) is 11.2. The van der Waals surface area contributed by atoms with Gasteiger partial charge in [0, 0.05) is 49.4 Å². The maximum atomic E-state index is 6.35. The number of rotatable bonds is 4. The van der Waals surface area contributed by atoms with E-state index in [0.29, 0.717) is 12.0 Å². The van der Waals surface area contributed by atoms with Gasteiger partial charge in [-0.1, -0.05) is 30.3 Å². The van der Waals surface area contributed by atoms with Crippen molar-refractivity contribution in [2.75, 3.05) is 13.1 Å². The van der Waals surface area contributed by atoms with Crippen LogP contribution in [0.25, 0.3) is 0 Å². The van der Waals surface area contributed by atoms with E-state index in [2.05, 4.69) is 60.4 Å². The Bertz CT molecular complexity index is 575. The summed E-state index contributed by atoms with van der Waals surface area (Å²) in [4.78, 5) is 2.43. The highest BCUT2D eigenvalue weighted by Crippen LogP contribution is 2.27. The number of aromatic nitrogens is 2. The summed E-state index contributed by atoms with van der Waals surface area (Å²) < 4.78 is 2.01. The highest BCUT2D eigenvalue weighted by Gasteiger charge is 2.31.